The number of nitrogens with one attached hydrogen (secondary N) is 1. The molecule has 19 heavy (non-hydrogen) atoms. The van der Waals surface area contributed by atoms with E-state index < -0.39 is 0 Å². The maximum atomic E-state index is 5.45. The van der Waals surface area contributed by atoms with Crippen LogP contribution in [0.5, 0.6) is 11.5 Å². The maximum Gasteiger partial charge on any atom is 0.132 e. The molecule has 2 aromatic rings. The van der Waals surface area contributed by atoms with Gasteiger partial charge in [0.05, 0.1) is 25.5 Å². The first-order chi connectivity index (χ1) is 9.31. The Bertz CT molecular complexity index is 572. The number of rotatable bonds is 3. The van der Waals surface area contributed by atoms with E-state index in [0.717, 1.165) is 41.6 Å². The molecule has 0 bridgehead atoms. The van der Waals surface area contributed by atoms with Crippen LogP contribution >= 0.6 is 11.3 Å². The molecule has 1 N–H and O–H groups in total. The first kappa shape index (κ1) is 12.4. The van der Waals surface area contributed by atoms with Gasteiger partial charge in [-0.3, -0.25) is 0 Å². The zero-order chi connectivity index (χ0) is 13.2. The van der Waals surface area contributed by atoms with Gasteiger partial charge in [0.15, 0.2) is 0 Å². The first-order valence-corrected chi connectivity index (χ1v) is 7.05. The standard InChI is InChI=1S/C14H16N2O2S/c1-17-9-3-4-10(12(7-9)18-2)14-16-11-5-6-15-8-13(11)19-14/h3-4,7,15H,5-6,8H2,1-2H3. The highest BCUT2D eigenvalue weighted by atomic mass is 32.1. The molecule has 0 unspecified atom stereocenters. The summed E-state index contributed by atoms with van der Waals surface area (Å²) in [5.41, 5.74) is 2.25. The molecular formula is C14H16N2O2S. The van der Waals surface area contributed by atoms with Crippen LogP contribution in [-0.2, 0) is 13.0 Å². The highest BCUT2D eigenvalue weighted by Crippen LogP contribution is 2.37. The summed E-state index contributed by atoms with van der Waals surface area (Å²) < 4.78 is 10.7. The zero-order valence-corrected chi connectivity index (χ0v) is 11.8. The molecule has 100 valence electrons. The van der Waals surface area contributed by atoms with E-state index in [0.29, 0.717) is 0 Å². The van der Waals surface area contributed by atoms with Crippen molar-refractivity contribution >= 4 is 11.3 Å². The average molecular weight is 276 g/mol. The second-order valence-electron chi connectivity index (χ2n) is 4.38. The fourth-order valence-electron chi connectivity index (χ4n) is 2.22. The predicted molar refractivity (Wildman–Crippen MR) is 76.1 cm³/mol. The second kappa shape index (κ2) is 5.19. The molecule has 2 heterocycles. The minimum Gasteiger partial charge on any atom is -0.497 e. The Morgan fingerprint density at radius 2 is 2.16 bits per heavy atom. The summed E-state index contributed by atoms with van der Waals surface area (Å²) in [4.78, 5) is 6.08. The monoisotopic (exact) mass is 276 g/mol. The summed E-state index contributed by atoms with van der Waals surface area (Å²) in [6.45, 7) is 1.93. The number of nitrogens with zero attached hydrogens (tertiary/aromatic N) is 1. The number of fused-ring (bicyclic) bond motifs is 1. The SMILES string of the molecule is COc1ccc(-c2nc3c(s2)CNCC3)c(OC)c1. The van der Waals surface area contributed by atoms with Crippen molar-refractivity contribution in [2.24, 2.45) is 0 Å². The smallest absolute Gasteiger partial charge is 0.132 e. The molecule has 0 saturated heterocycles. The van der Waals surface area contributed by atoms with Crippen LogP contribution in [0.15, 0.2) is 18.2 Å². The van der Waals surface area contributed by atoms with Gasteiger partial charge < -0.3 is 14.8 Å². The van der Waals surface area contributed by atoms with Crippen molar-refractivity contribution in [3.63, 3.8) is 0 Å². The molecule has 0 aliphatic carbocycles. The van der Waals surface area contributed by atoms with Crippen LogP contribution in [0.1, 0.15) is 10.6 Å². The summed E-state index contributed by atoms with van der Waals surface area (Å²) >= 11 is 1.74. The van der Waals surface area contributed by atoms with Crippen LogP contribution in [0, 0.1) is 0 Å². The van der Waals surface area contributed by atoms with Crippen molar-refractivity contribution in [3.8, 4) is 22.1 Å². The highest BCUT2D eigenvalue weighted by Gasteiger charge is 2.18. The fraction of sp³-hybridized carbons (Fsp3) is 0.357. The maximum absolute atomic E-state index is 5.45. The Morgan fingerprint density at radius 3 is 2.89 bits per heavy atom. The molecule has 4 nitrogen and oxygen atoms in total. The number of benzene rings is 1. The van der Waals surface area contributed by atoms with Crippen LogP contribution < -0.4 is 14.8 Å². The topological polar surface area (TPSA) is 43.4 Å². The van der Waals surface area contributed by atoms with Gasteiger partial charge in [-0.15, -0.1) is 11.3 Å². The molecule has 0 radical (unpaired) electrons. The third kappa shape index (κ3) is 2.31. The number of thiazole rings is 1. The van der Waals surface area contributed by atoms with Crippen molar-refractivity contribution in [1.29, 1.82) is 0 Å². The summed E-state index contributed by atoms with van der Waals surface area (Å²) in [5.74, 6) is 1.60. The highest BCUT2D eigenvalue weighted by molar-refractivity contribution is 7.15. The lowest BCUT2D eigenvalue weighted by Gasteiger charge is -2.09. The lowest BCUT2D eigenvalue weighted by Crippen LogP contribution is -2.22. The van der Waals surface area contributed by atoms with E-state index in [4.69, 9.17) is 14.5 Å². The van der Waals surface area contributed by atoms with Crippen molar-refractivity contribution in [2.75, 3.05) is 20.8 Å². The van der Waals surface area contributed by atoms with Gasteiger partial charge in [0.25, 0.3) is 0 Å². The van der Waals surface area contributed by atoms with Gasteiger partial charge in [-0.25, -0.2) is 4.98 Å². The molecule has 1 aromatic carbocycles. The van der Waals surface area contributed by atoms with E-state index in [2.05, 4.69) is 5.32 Å². The Labute approximate surface area is 116 Å². The third-order valence-corrected chi connectivity index (χ3v) is 4.37. The van der Waals surface area contributed by atoms with Crippen molar-refractivity contribution < 1.29 is 9.47 Å². The Kier molecular flexibility index (Phi) is 3.40. The lowest BCUT2D eigenvalue weighted by atomic mass is 10.2. The lowest BCUT2D eigenvalue weighted by molar-refractivity contribution is 0.395. The molecule has 0 saturated carbocycles. The quantitative estimate of drug-likeness (QED) is 0.935. The number of ether oxygens (including phenoxy) is 2. The third-order valence-electron chi connectivity index (χ3n) is 3.24. The molecule has 0 amide bonds. The van der Waals surface area contributed by atoms with E-state index in [1.165, 1.54) is 10.6 Å². The van der Waals surface area contributed by atoms with E-state index in [1.807, 2.05) is 18.2 Å². The molecule has 1 aliphatic rings. The molecular weight excluding hydrogens is 260 g/mol. The van der Waals surface area contributed by atoms with Crippen LogP contribution in [0.2, 0.25) is 0 Å². The van der Waals surface area contributed by atoms with Crippen molar-refractivity contribution in [3.05, 3.63) is 28.8 Å². The van der Waals surface area contributed by atoms with Gasteiger partial charge in [0, 0.05) is 30.5 Å². The fourth-order valence-corrected chi connectivity index (χ4v) is 3.32. The van der Waals surface area contributed by atoms with Gasteiger partial charge in [0.2, 0.25) is 0 Å². The number of hydrogen-bond acceptors (Lipinski definition) is 5. The summed E-state index contributed by atoms with van der Waals surface area (Å²) in [6, 6.07) is 5.85. The predicted octanol–water partition coefficient (Wildman–Crippen LogP) is 2.47. The Balaban J connectivity index is 2.03. The van der Waals surface area contributed by atoms with Gasteiger partial charge in [-0.1, -0.05) is 0 Å². The second-order valence-corrected chi connectivity index (χ2v) is 5.47. The van der Waals surface area contributed by atoms with E-state index in [9.17, 15) is 0 Å². The first-order valence-electron chi connectivity index (χ1n) is 6.23. The van der Waals surface area contributed by atoms with E-state index in [-0.39, 0.29) is 0 Å². The minimum atomic E-state index is 0.795. The normalized spacial score (nSPS) is 14.0. The van der Waals surface area contributed by atoms with Crippen LogP contribution in [0.4, 0.5) is 0 Å². The van der Waals surface area contributed by atoms with E-state index in [1.54, 1.807) is 25.6 Å². The Morgan fingerprint density at radius 1 is 1.26 bits per heavy atom. The largest absolute Gasteiger partial charge is 0.497 e. The van der Waals surface area contributed by atoms with Crippen LogP contribution in [0.3, 0.4) is 0 Å². The van der Waals surface area contributed by atoms with Gasteiger partial charge in [0.1, 0.15) is 16.5 Å². The number of methoxy groups -OCH3 is 2. The van der Waals surface area contributed by atoms with Crippen LogP contribution in [0.25, 0.3) is 10.6 Å². The molecule has 0 atom stereocenters. The molecule has 0 spiro atoms. The molecule has 5 heteroatoms. The van der Waals surface area contributed by atoms with Gasteiger partial charge >= 0.3 is 0 Å². The summed E-state index contributed by atoms with van der Waals surface area (Å²) in [5, 5.41) is 4.39. The summed E-state index contributed by atoms with van der Waals surface area (Å²) in [6.07, 6.45) is 1.00. The number of hydrogen-bond donors (Lipinski definition) is 1. The molecule has 0 fully saturated rings. The average Bonchev–Trinajstić information content (AvgIpc) is 2.90. The molecule has 1 aliphatic heterocycles. The van der Waals surface area contributed by atoms with Crippen molar-refractivity contribution in [1.82, 2.24) is 10.3 Å². The van der Waals surface area contributed by atoms with Crippen LogP contribution in [-0.4, -0.2) is 25.7 Å². The molecule has 3 rings (SSSR count). The zero-order valence-electron chi connectivity index (χ0n) is 11.0. The Hall–Kier alpha value is -1.59. The minimum absolute atomic E-state index is 0.795. The van der Waals surface area contributed by atoms with E-state index >= 15 is 0 Å². The van der Waals surface area contributed by atoms with Gasteiger partial charge in [-0.2, -0.15) is 0 Å². The van der Waals surface area contributed by atoms with Gasteiger partial charge in [-0.05, 0) is 12.1 Å². The van der Waals surface area contributed by atoms with Crippen molar-refractivity contribution in [2.45, 2.75) is 13.0 Å². The molecule has 1 aromatic heterocycles. The summed E-state index contributed by atoms with van der Waals surface area (Å²) in [7, 11) is 3.33. The number of aromatic nitrogens is 1.